The number of para-hydroxylation sites is 1. The summed E-state index contributed by atoms with van der Waals surface area (Å²) in [6.07, 6.45) is 5.95. The summed E-state index contributed by atoms with van der Waals surface area (Å²) in [6, 6.07) is 17.1. The summed E-state index contributed by atoms with van der Waals surface area (Å²) >= 11 is 0. The van der Waals surface area contributed by atoms with Crippen molar-refractivity contribution >= 4 is 16.8 Å². The molecule has 1 saturated heterocycles. The van der Waals surface area contributed by atoms with Gasteiger partial charge in [0, 0.05) is 36.2 Å². The lowest BCUT2D eigenvalue weighted by atomic mass is 9.77. The molecular weight excluding hydrogens is 403 g/mol. The minimum Gasteiger partial charge on any atom is -0.379 e. The highest BCUT2D eigenvalue weighted by atomic mass is 19.1. The van der Waals surface area contributed by atoms with Crippen LogP contribution in [0, 0.1) is 11.7 Å². The van der Waals surface area contributed by atoms with E-state index in [-0.39, 0.29) is 17.6 Å². The molecule has 2 fully saturated rings. The second-order valence-corrected chi connectivity index (χ2v) is 9.16. The number of benzene rings is 2. The SMILES string of the molecule is O=C(N1CCOC[C@H](Cc2cccc3cccnc23)C1)C1(c2ccccc2F)CCCC1. The molecule has 0 unspecified atom stereocenters. The Kier molecular flexibility index (Phi) is 5.92. The molecule has 2 heterocycles. The minimum atomic E-state index is -0.749. The van der Waals surface area contributed by atoms with E-state index in [2.05, 4.69) is 29.2 Å². The molecule has 0 bridgehead atoms. The van der Waals surface area contributed by atoms with Gasteiger partial charge in [-0.15, -0.1) is 0 Å². The summed E-state index contributed by atoms with van der Waals surface area (Å²) in [5, 5.41) is 1.12. The molecule has 2 aromatic carbocycles. The Labute approximate surface area is 188 Å². The first-order valence-corrected chi connectivity index (χ1v) is 11.6. The summed E-state index contributed by atoms with van der Waals surface area (Å²) in [5.41, 5.74) is 2.00. The van der Waals surface area contributed by atoms with E-state index in [9.17, 15) is 9.18 Å². The van der Waals surface area contributed by atoms with E-state index < -0.39 is 5.41 Å². The zero-order valence-electron chi connectivity index (χ0n) is 18.3. The van der Waals surface area contributed by atoms with Gasteiger partial charge in [0.05, 0.1) is 24.1 Å². The van der Waals surface area contributed by atoms with Crippen LogP contribution < -0.4 is 0 Å². The molecule has 1 aromatic heterocycles. The van der Waals surface area contributed by atoms with Gasteiger partial charge in [0.15, 0.2) is 0 Å². The average molecular weight is 433 g/mol. The van der Waals surface area contributed by atoms with Crippen molar-refractivity contribution in [1.82, 2.24) is 9.88 Å². The predicted octanol–water partition coefficient (Wildman–Crippen LogP) is 4.90. The standard InChI is InChI=1S/C27H29FN2O2/c28-24-11-2-1-10-23(24)27(12-3-4-13-27)26(31)30-15-16-32-19-20(18-30)17-22-8-5-7-21-9-6-14-29-25(21)22/h1-2,5-11,14,20H,3-4,12-13,15-19H2/t20-/m1/s1. The van der Waals surface area contributed by atoms with Crippen LogP contribution in [0.4, 0.5) is 4.39 Å². The number of aromatic nitrogens is 1. The van der Waals surface area contributed by atoms with E-state index >= 15 is 0 Å². The monoisotopic (exact) mass is 432 g/mol. The van der Waals surface area contributed by atoms with Crippen LogP contribution in [0.3, 0.4) is 0 Å². The first-order chi connectivity index (χ1) is 15.7. The zero-order chi connectivity index (χ0) is 22.0. The number of amides is 1. The van der Waals surface area contributed by atoms with Crippen LogP contribution in [0.15, 0.2) is 60.8 Å². The maximum absolute atomic E-state index is 14.8. The van der Waals surface area contributed by atoms with E-state index in [1.165, 1.54) is 11.6 Å². The Morgan fingerprint density at radius 1 is 1.09 bits per heavy atom. The van der Waals surface area contributed by atoms with Gasteiger partial charge < -0.3 is 9.64 Å². The van der Waals surface area contributed by atoms with E-state index in [0.717, 1.165) is 30.2 Å². The van der Waals surface area contributed by atoms with Gasteiger partial charge >= 0.3 is 0 Å². The van der Waals surface area contributed by atoms with Gasteiger partial charge in [-0.3, -0.25) is 9.78 Å². The zero-order valence-corrected chi connectivity index (χ0v) is 18.3. The summed E-state index contributed by atoms with van der Waals surface area (Å²) in [4.78, 5) is 20.5. The third-order valence-corrected chi connectivity index (χ3v) is 7.11. The Hall–Kier alpha value is -2.79. The molecule has 0 radical (unpaired) electrons. The van der Waals surface area contributed by atoms with Crippen LogP contribution in [0.2, 0.25) is 0 Å². The van der Waals surface area contributed by atoms with Crippen molar-refractivity contribution < 1.29 is 13.9 Å². The highest BCUT2D eigenvalue weighted by molar-refractivity contribution is 5.89. The van der Waals surface area contributed by atoms with Crippen LogP contribution in [0.25, 0.3) is 10.9 Å². The normalized spacial score (nSPS) is 20.9. The lowest BCUT2D eigenvalue weighted by Gasteiger charge is -2.35. The number of ether oxygens (including phenoxy) is 1. The first kappa shape index (κ1) is 21.1. The number of hydrogen-bond acceptors (Lipinski definition) is 3. The topological polar surface area (TPSA) is 42.4 Å². The van der Waals surface area contributed by atoms with Crippen molar-refractivity contribution in [1.29, 1.82) is 0 Å². The summed E-state index contributed by atoms with van der Waals surface area (Å²) in [5.74, 6) is -0.0352. The van der Waals surface area contributed by atoms with Crippen LogP contribution in [0.1, 0.15) is 36.8 Å². The van der Waals surface area contributed by atoms with Crippen molar-refractivity contribution in [3.8, 4) is 0 Å². The quantitative estimate of drug-likeness (QED) is 0.589. The molecule has 5 rings (SSSR count). The molecule has 1 saturated carbocycles. The fourth-order valence-corrected chi connectivity index (χ4v) is 5.56. The summed E-state index contributed by atoms with van der Waals surface area (Å²) < 4.78 is 20.7. The molecule has 3 aromatic rings. The molecule has 1 aliphatic carbocycles. The van der Waals surface area contributed by atoms with Crippen LogP contribution in [-0.2, 0) is 21.4 Å². The van der Waals surface area contributed by atoms with E-state index in [4.69, 9.17) is 4.74 Å². The van der Waals surface area contributed by atoms with Crippen molar-refractivity contribution in [2.75, 3.05) is 26.3 Å². The number of carbonyl (C=O) groups excluding carboxylic acids is 1. The highest BCUT2D eigenvalue weighted by Crippen LogP contribution is 2.44. The Morgan fingerprint density at radius 2 is 1.91 bits per heavy atom. The summed E-state index contributed by atoms with van der Waals surface area (Å²) in [7, 11) is 0. The van der Waals surface area contributed by atoms with Gasteiger partial charge in [-0.2, -0.15) is 0 Å². The molecule has 32 heavy (non-hydrogen) atoms. The minimum absolute atomic E-state index is 0.0617. The fourth-order valence-electron chi connectivity index (χ4n) is 5.56. The van der Waals surface area contributed by atoms with Crippen LogP contribution in [-0.4, -0.2) is 42.1 Å². The Morgan fingerprint density at radius 3 is 2.75 bits per heavy atom. The molecule has 166 valence electrons. The Balaban J connectivity index is 1.41. The molecule has 4 nitrogen and oxygen atoms in total. The highest BCUT2D eigenvalue weighted by Gasteiger charge is 2.46. The number of rotatable bonds is 4. The van der Waals surface area contributed by atoms with Gasteiger partial charge in [0.25, 0.3) is 0 Å². The number of pyridine rings is 1. The van der Waals surface area contributed by atoms with E-state index in [0.29, 0.717) is 44.7 Å². The smallest absolute Gasteiger partial charge is 0.233 e. The van der Waals surface area contributed by atoms with Crippen LogP contribution >= 0.6 is 0 Å². The number of hydrogen-bond donors (Lipinski definition) is 0. The van der Waals surface area contributed by atoms with Gasteiger partial charge in [-0.25, -0.2) is 4.39 Å². The third kappa shape index (κ3) is 3.90. The molecule has 1 amide bonds. The maximum Gasteiger partial charge on any atom is 0.233 e. The van der Waals surface area contributed by atoms with E-state index in [1.807, 2.05) is 23.2 Å². The number of fused-ring (bicyclic) bond motifs is 1. The predicted molar refractivity (Wildman–Crippen MR) is 123 cm³/mol. The number of carbonyl (C=O) groups is 1. The van der Waals surface area contributed by atoms with Gasteiger partial charge in [0.1, 0.15) is 5.82 Å². The second-order valence-electron chi connectivity index (χ2n) is 9.16. The third-order valence-electron chi connectivity index (χ3n) is 7.11. The average Bonchev–Trinajstić information content (AvgIpc) is 3.20. The largest absolute Gasteiger partial charge is 0.379 e. The molecule has 1 atom stereocenters. The first-order valence-electron chi connectivity index (χ1n) is 11.6. The van der Waals surface area contributed by atoms with Gasteiger partial charge in [-0.05, 0) is 37.0 Å². The van der Waals surface area contributed by atoms with Gasteiger partial charge in [-0.1, -0.05) is 55.3 Å². The second kappa shape index (κ2) is 8.99. The molecule has 2 aliphatic rings. The Bertz CT molecular complexity index is 1100. The number of halogens is 1. The van der Waals surface area contributed by atoms with Crippen LogP contribution in [0.5, 0.6) is 0 Å². The molecule has 0 N–H and O–H groups in total. The van der Waals surface area contributed by atoms with E-state index in [1.54, 1.807) is 12.1 Å². The molecule has 5 heteroatoms. The number of nitrogens with zero attached hydrogens (tertiary/aromatic N) is 2. The summed E-state index contributed by atoms with van der Waals surface area (Å²) in [6.45, 7) is 2.31. The molecular formula is C27H29FN2O2. The van der Waals surface area contributed by atoms with Crippen molar-refractivity contribution in [2.24, 2.45) is 5.92 Å². The van der Waals surface area contributed by atoms with Crippen molar-refractivity contribution in [3.63, 3.8) is 0 Å². The van der Waals surface area contributed by atoms with Crippen molar-refractivity contribution in [3.05, 3.63) is 77.7 Å². The van der Waals surface area contributed by atoms with Crippen molar-refractivity contribution in [2.45, 2.75) is 37.5 Å². The maximum atomic E-state index is 14.8. The molecule has 0 spiro atoms. The fraction of sp³-hybridized carbons (Fsp3) is 0.407. The molecule has 1 aliphatic heterocycles. The lowest BCUT2D eigenvalue weighted by molar-refractivity contribution is -0.138. The lowest BCUT2D eigenvalue weighted by Crippen LogP contribution is -2.48. The van der Waals surface area contributed by atoms with Gasteiger partial charge in [0.2, 0.25) is 5.91 Å².